The highest BCUT2D eigenvalue weighted by atomic mass is 16.3. The van der Waals surface area contributed by atoms with Gasteiger partial charge < -0.3 is 10.4 Å². The van der Waals surface area contributed by atoms with E-state index in [2.05, 4.69) is 22.4 Å². The zero-order valence-corrected chi connectivity index (χ0v) is 18.1. The van der Waals surface area contributed by atoms with Crippen molar-refractivity contribution in [3.8, 4) is 0 Å². The third-order valence-electron chi connectivity index (χ3n) is 6.90. The first-order valence-corrected chi connectivity index (χ1v) is 11.4. The zero-order valence-electron chi connectivity index (χ0n) is 18.1. The number of aliphatic hydroxyl groups excluding tert-OH is 1. The van der Waals surface area contributed by atoms with E-state index in [9.17, 15) is 9.90 Å². The first-order chi connectivity index (χ1) is 15.6. The van der Waals surface area contributed by atoms with Crippen molar-refractivity contribution in [2.24, 2.45) is 0 Å². The van der Waals surface area contributed by atoms with Gasteiger partial charge in [0.2, 0.25) is 5.95 Å². The van der Waals surface area contributed by atoms with Crippen molar-refractivity contribution in [3.63, 3.8) is 0 Å². The first-order valence-electron chi connectivity index (χ1n) is 11.4. The summed E-state index contributed by atoms with van der Waals surface area (Å²) in [6, 6.07) is 8.15. The molecule has 164 valence electrons. The van der Waals surface area contributed by atoms with Crippen LogP contribution in [0.1, 0.15) is 49.4 Å². The molecule has 0 saturated heterocycles. The summed E-state index contributed by atoms with van der Waals surface area (Å²) in [5.74, 6) is 0.516. The van der Waals surface area contributed by atoms with Gasteiger partial charge in [-0.15, -0.1) is 0 Å². The molecule has 4 aromatic rings. The number of anilines is 2. The van der Waals surface area contributed by atoms with Crippen LogP contribution in [0.2, 0.25) is 0 Å². The van der Waals surface area contributed by atoms with Gasteiger partial charge in [-0.2, -0.15) is 4.98 Å². The lowest BCUT2D eigenvalue weighted by molar-refractivity contribution is 0.110. The fourth-order valence-electron chi connectivity index (χ4n) is 5.22. The summed E-state index contributed by atoms with van der Waals surface area (Å²) < 4.78 is 3.70. The summed E-state index contributed by atoms with van der Waals surface area (Å²) in [6.07, 6.45) is 6.28. The van der Waals surface area contributed by atoms with Gasteiger partial charge in [0.1, 0.15) is 5.52 Å². The molecule has 1 saturated carbocycles. The Hall–Kier alpha value is -3.26. The minimum absolute atomic E-state index is 0.00162. The van der Waals surface area contributed by atoms with Crippen molar-refractivity contribution in [3.05, 3.63) is 52.2 Å². The smallest absolute Gasteiger partial charge is 0.330 e. The van der Waals surface area contributed by atoms with Crippen molar-refractivity contribution in [2.75, 3.05) is 5.32 Å². The molecule has 4 heterocycles. The number of aryl methyl sites for hydroxylation is 3. The van der Waals surface area contributed by atoms with Crippen molar-refractivity contribution >= 4 is 33.7 Å². The molecule has 32 heavy (non-hydrogen) atoms. The largest absolute Gasteiger partial charge is 0.393 e. The molecule has 6 rings (SSSR count). The summed E-state index contributed by atoms with van der Waals surface area (Å²) in [5.41, 5.74) is 5.46. The van der Waals surface area contributed by atoms with Crippen LogP contribution in [0.15, 0.2) is 35.3 Å². The van der Waals surface area contributed by atoms with E-state index < -0.39 is 0 Å². The number of aromatic nitrogens is 5. The number of imidazole rings is 1. The Bertz CT molecular complexity index is 1400. The Morgan fingerprint density at radius 2 is 2.00 bits per heavy atom. The second-order valence-electron chi connectivity index (χ2n) is 9.02. The highest BCUT2D eigenvalue weighted by Gasteiger charge is 2.29. The van der Waals surface area contributed by atoms with Gasteiger partial charge in [0.05, 0.1) is 17.3 Å². The Kier molecular flexibility index (Phi) is 4.50. The van der Waals surface area contributed by atoms with E-state index >= 15 is 0 Å². The van der Waals surface area contributed by atoms with Gasteiger partial charge in [-0.1, -0.05) is 6.07 Å². The number of hydrogen-bond acceptors (Lipinski definition) is 6. The third-order valence-corrected chi connectivity index (χ3v) is 6.90. The van der Waals surface area contributed by atoms with Crippen LogP contribution in [-0.4, -0.2) is 35.3 Å². The number of pyridine rings is 1. The van der Waals surface area contributed by atoms with E-state index in [4.69, 9.17) is 9.97 Å². The molecule has 3 aromatic heterocycles. The Labute approximate surface area is 185 Å². The lowest BCUT2D eigenvalue weighted by Crippen LogP contribution is -2.31. The lowest BCUT2D eigenvalue weighted by Gasteiger charge is -2.26. The number of hydrogen-bond donors (Lipinski definition) is 2. The van der Waals surface area contributed by atoms with E-state index in [1.807, 2.05) is 28.2 Å². The van der Waals surface area contributed by atoms with E-state index in [-0.39, 0.29) is 17.8 Å². The van der Waals surface area contributed by atoms with Crippen LogP contribution in [0.5, 0.6) is 0 Å². The maximum Gasteiger partial charge on any atom is 0.330 e. The van der Waals surface area contributed by atoms with Crippen LogP contribution in [-0.2, 0) is 13.0 Å². The normalized spacial score (nSPS) is 20.7. The summed E-state index contributed by atoms with van der Waals surface area (Å²) in [7, 11) is 0. The molecule has 8 nitrogen and oxygen atoms in total. The van der Waals surface area contributed by atoms with Crippen LogP contribution >= 0.6 is 0 Å². The molecule has 1 aliphatic carbocycles. The average Bonchev–Trinajstić information content (AvgIpc) is 3.08. The Balaban J connectivity index is 1.47. The third kappa shape index (κ3) is 3.09. The minimum atomic E-state index is -0.265. The molecule has 1 fully saturated rings. The van der Waals surface area contributed by atoms with Crippen LogP contribution in [0, 0.1) is 6.92 Å². The van der Waals surface area contributed by atoms with Crippen LogP contribution in [0.4, 0.5) is 11.6 Å². The van der Waals surface area contributed by atoms with E-state index in [0.29, 0.717) is 18.1 Å². The maximum absolute atomic E-state index is 13.3. The van der Waals surface area contributed by atoms with Gasteiger partial charge in [0.15, 0.2) is 5.65 Å². The topological polar surface area (TPSA) is 97.9 Å². The maximum atomic E-state index is 13.3. The van der Waals surface area contributed by atoms with Crippen molar-refractivity contribution in [1.82, 2.24) is 24.1 Å². The molecular weight excluding hydrogens is 404 g/mol. The van der Waals surface area contributed by atoms with Gasteiger partial charge in [0.25, 0.3) is 0 Å². The summed E-state index contributed by atoms with van der Waals surface area (Å²) >= 11 is 0. The fraction of sp³-hybridized carbons (Fsp3) is 0.417. The molecule has 0 radical (unpaired) electrons. The van der Waals surface area contributed by atoms with Gasteiger partial charge in [-0.25, -0.2) is 9.78 Å². The standard InChI is InChI=1S/C24H26N6O2/c1-14-12-20-15(4-2-10-25-20)13-19(14)27-23-26-18-5-3-11-29-21(18)22(28-23)30(24(29)32)16-6-8-17(31)9-7-16/h2,4,10,12-13,16-17,31H,3,5-9,11H2,1H3,(H,26,27,28)/t16-,17-. The minimum Gasteiger partial charge on any atom is -0.393 e. The highest BCUT2D eigenvalue weighted by molar-refractivity contribution is 5.85. The molecule has 0 bridgehead atoms. The Morgan fingerprint density at radius 1 is 1.16 bits per heavy atom. The molecule has 0 spiro atoms. The monoisotopic (exact) mass is 430 g/mol. The molecule has 0 atom stereocenters. The molecule has 1 aliphatic heterocycles. The lowest BCUT2D eigenvalue weighted by atomic mass is 9.93. The SMILES string of the molecule is Cc1cc2ncccc2cc1Nc1nc2c3c(n1)n([C@H]1CC[C@H](O)CC1)c(=O)n3CCC2. The van der Waals surface area contributed by atoms with Crippen LogP contribution < -0.4 is 11.0 Å². The van der Waals surface area contributed by atoms with Crippen molar-refractivity contribution in [1.29, 1.82) is 0 Å². The Morgan fingerprint density at radius 3 is 2.84 bits per heavy atom. The van der Waals surface area contributed by atoms with Gasteiger partial charge >= 0.3 is 5.69 Å². The van der Waals surface area contributed by atoms with Crippen LogP contribution in [0.3, 0.4) is 0 Å². The molecule has 2 N–H and O–H groups in total. The molecule has 0 unspecified atom stereocenters. The number of benzene rings is 1. The summed E-state index contributed by atoms with van der Waals surface area (Å²) in [5, 5.41) is 14.4. The van der Waals surface area contributed by atoms with Gasteiger partial charge in [0, 0.05) is 29.9 Å². The fourth-order valence-corrected chi connectivity index (χ4v) is 5.22. The molecule has 1 aromatic carbocycles. The predicted molar refractivity (Wildman–Crippen MR) is 123 cm³/mol. The van der Waals surface area contributed by atoms with Crippen molar-refractivity contribution < 1.29 is 5.11 Å². The molecular formula is C24H26N6O2. The first kappa shape index (κ1) is 19.4. The zero-order chi connectivity index (χ0) is 21.8. The number of nitrogens with zero attached hydrogens (tertiary/aromatic N) is 5. The number of rotatable bonds is 3. The summed E-state index contributed by atoms with van der Waals surface area (Å²) in [4.78, 5) is 27.4. The number of fused-ring (bicyclic) bond motifs is 1. The summed E-state index contributed by atoms with van der Waals surface area (Å²) in [6.45, 7) is 2.75. The second kappa shape index (κ2) is 7.41. The predicted octanol–water partition coefficient (Wildman–Crippen LogP) is 3.62. The quantitative estimate of drug-likeness (QED) is 0.515. The van der Waals surface area contributed by atoms with E-state index in [1.54, 1.807) is 6.20 Å². The van der Waals surface area contributed by atoms with Crippen LogP contribution in [0.25, 0.3) is 22.1 Å². The van der Waals surface area contributed by atoms with E-state index in [1.165, 1.54) is 0 Å². The second-order valence-corrected chi connectivity index (χ2v) is 9.02. The average molecular weight is 431 g/mol. The molecule has 0 amide bonds. The molecule has 2 aliphatic rings. The highest BCUT2D eigenvalue weighted by Crippen LogP contribution is 2.33. The van der Waals surface area contributed by atoms with E-state index in [0.717, 1.165) is 71.9 Å². The van der Waals surface area contributed by atoms with Gasteiger partial charge in [-0.3, -0.25) is 14.1 Å². The van der Waals surface area contributed by atoms with Gasteiger partial charge in [-0.05, 0) is 69.2 Å². The molecule has 8 heteroatoms. The van der Waals surface area contributed by atoms with Crippen molar-refractivity contribution in [2.45, 2.75) is 64.1 Å². The number of aliphatic hydroxyl groups is 1. The number of nitrogens with one attached hydrogen (secondary N) is 1.